The van der Waals surface area contributed by atoms with Gasteiger partial charge in [0.25, 0.3) is 0 Å². The van der Waals surface area contributed by atoms with Gasteiger partial charge in [-0.25, -0.2) is 9.59 Å². The Morgan fingerprint density at radius 1 is 1.28 bits per heavy atom. The molecule has 2 amide bonds. The highest BCUT2D eigenvalue weighted by Gasteiger charge is 2.47. The summed E-state index contributed by atoms with van der Waals surface area (Å²) >= 11 is 0. The van der Waals surface area contributed by atoms with Crippen LogP contribution in [0.1, 0.15) is 24.8 Å². The number of rotatable bonds is 6. The van der Waals surface area contributed by atoms with Crippen LogP contribution in [-0.4, -0.2) is 86.1 Å². The minimum Gasteiger partial charge on any atom is -0.475 e. The number of carbonyl (C=O) groups excluding carboxylic acids is 1. The van der Waals surface area contributed by atoms with Crippen molar-refractivity contribution in [2.24, 2.45) is 5.41 Å². The summed E-state index contributed by atoms with van der Waals surface area (Å²) in [7, 11) is 3.56. The van der Waals surface area contributed by atoms with Crippen molar-refractivity contribution < 1.29 is 32.6 Å². The van der Waals surface area contributed by atoms with Crippen LogP contribution in [0.2, 0.25) is 0 Å². The highest BCUT2D eigenvalue weighted by Crippen LogP contribution is 2.43. The number of hydrogen-bond acceptors (Lipinski definition) is 4. The molecule has 32 heavy (non-hydrogen) atoms. The Balaban J connectivity index is 0.000000451. The molecule has 1 aromatic rings. The zero-order valence-electron chi connectivity index (χ0n) is 18.5. The molecular formula is C22H32F3N3O4. The average Bonchev–Trinajstić information content (AvgIpc) is 3.15. The quantitative estimate of drug-likeness (QED) is 0.684. The molecule has 2 saturated heterocycles. The third-order valence-electron chi connectivity index (χ3n) is 5.96. The first-order valence-corrected chi connectivity index (χ1v) is 10.7. The van der Waals surface area contributed by atoms with Gasteiger partial charge in [0.05, 0.1) is 6.10 Å². The number of hydrogen-bond donors (Lipinski definition) is 2. The molecule has 1 aromatic carbocycles. The fourth-order valence-electron chi connectivity index (χ4n) is 4.20. The molecule has 2 atom stereocenters. The molecule has 0 aromatic heterocycles. The Hall–Kier alpha value is -2.33. The molecule has 10 heteroatoms. The number of carbonyl (C=O) groups is 2. The van der Waals surface area contributed by atoms with E-state index in [1.165, 1.54) is 5.56 Å². The summed E-state index contributed by atoms with van der Waals surface area (Å²) in [6.45, 7) is 4.89. The fourth-order valence-corrected chi connectivity index (χ4v) is 4.20. The van der Waals surface area contributed by atoms with Crippen molar-refractivity contribution in [3.63, 3.8) is 0 Å². The molecular weight excluding hydrogens is 427 g/mol. The number of nitrogens with one attached hydrogen (secondary N) is 1. The normalized spacial score (nSPS) is 23.0. The third kappa shape index (κ3) is 7.67. The molecule has 2 aliphatic heterocycles. The molecule has 0 unspecified atom stereocenters. The zero-order chi connectivity index (χ0) is 23.8. The van der Waals surface area contributed by atoms with Crippen LogP contribution < -0.4 is 5.32 Å². The summed E-state index contributed by atoms with van der Waals surface area (Å²) < 4.78 is 37.8. The number of amides is 2. The lowest BCUT2D eigenvalue weighted by Crippen LogP contribution is -2.51. The second-order valence-corrected chi connectivity index (χ2v) is 8.45. The van der Waals surface area contributed by atoms with Crippen molar-refractivity contribution in [3.05, 3.63) is 35.9 Å². The predicted octanol–water partition coefficient (Wildman–Crippen LogP) is 3.00. The maximum atomic E-state index is 11.8. The number of urea groups is 1. The molecule has 2 aliphatic rings. The number of nitrogens with zero attached hydrogens (tertiary/aromatic N) is 2. The number of benzene rings is 1. The molecule has 2 N–H and O–H groups in total. The van der Waals surface area contributed by atoms with Crippen molar-refractivity contribution in [3.8, 4) is 0 Å². The first kappa shape index (κ1) is 25.9. The number of carboxylic acids is 1. The van der Waals surface area contributed by atoms with Crippen molar-refractivity contribution in [2.75, 3.05) is 46.9 Å². The van der Waals surface area contributed by atoms with Gasteiger partial charge in [-0.2, -0.15) is 13.2 Å². The second kappa shape index (κ2) is 11.5. The summed E-state index contributed by atoms with van der Waals surface area (Å²) in [6, 6.07) is 10.7. The van der Waals surface area contributed by atoms with E-state index >= 15 is 0 Å². The first-order chi connectivity index (χ1) is 15.0. The van der Waals surface area contributed by atoms with E-state index in [2.05, 4.69) is 40.5 Å². The highest BCUT2D eigenvalue weighted by atomic mass is 19.4. The number of ether oxygens (including phenoxy) is 1. The van der Waals surface area contributed by atoms with Gasteiger partial charge >= 0.3 is 18.2 Å². The molecule has 0 saturated carbocycles. The Morgan fingerprint density at radius 2 is 1.94 bits per heavy atom. The van der Waals surface area contributed by atoms with Gasteiger partial charge in [-0.15, -0.1) is 0 Å². The molecule has 0 bridgehead atoms. The van der Waals surface area contributed by atoms with Crippen molar-refractivity contribution >= 4 is 12.0 Å². The van der Waals surface area contributed by atoms with Gasteiger partial charge in [-0.05, 0) is 31.2 Å². The Kier molecular flexibility index (Phi) is 9.33. The zero-order valence-corrected chi connectivity index (χ0v) is 18.5. The summed E-state index contributed by atoms with van der Waals surface area (Å²) in [5, 5.41) is 10.1. The van der Waals surface area contributed by atoms with Crippen LogP contribution in [0.3, 0.4) is 0 Å². The topological polar surface area (TPSA) is 82.1 Å². The first-order valence-electron chi connectivity index (χ1n) is 10.7. The third-order valence-corrected chi connectivity index (χ3v) is 5.96. The lowest BCUT2D eigenvalue weighted by atomic mass is 9.74. The Morgan fingerprint density at radius 3 is 2.53 bits per heavy atom. The van der Waals surface area contributed by atoms with Gasteiger partial charge in [0.2, 0.25) is 0 Å². The summed E-state index contributed by atoms with van der Waals surface area (Å²) in [6.07, 6.45) is -0.413. The molecule has 0 aliphatic carbocycles. The molecule has 0 spiro atoms. The standard InChI is InChI=1S/C20H31N3O2.C2HF3O2/c1-22(2)19(24)21-12-10-20-11-15-25-18(20)9-14-23(16-20)13-8-17-6-4-3-5-7-17;3-2(4,5)1(6)7/h3-7,18H,8-16H2,1-2H3,(H,21,24);(H,6,7)/t18-,20+;/m1./s1. The van der Waals surface area contributed by atoms with Crippen LogP contribution in [-0.2, 0) is 16.0 Å². The van der Waals surface area contributed by atoms with E-state index in [-0.39, 0.29) is 11.4 Å². The smallest absolute Gasteiger partial charge is 0.475 e. The average molecular weight is 460 g/mol. The minimum absolute atomic E-state index is 0.0105. The van der Waals surface area contributed by atoms with E-state index in [0.717, 1.165) is 58.5 Å². The second-order valence-electron chi connectivity index (χ2n) is 8.45. The van der Waals surface area contributed by atoms with Crippen molar-refractivity contribution in [1.29, 1.82) is 0 Å². The van der Waals surface area contributed by atoms with E-state index < -0.39 is 12.1 Å². The number of halogens is 3. The van der Waals surface area contributed by atoms with E-state index in [1.807, 2.05) is 0 Å². The van der Waals surface area contributed by atoms with E-state index in [4.69, 9.17) is 14.6 Å². The van der Waals surface area contributed by atoms with Crippen LogP contribution in [0.5, 0.6) is 0 Å². The van der Waals surface area contributed by atoms with Crippen LogP contribution in [0.15, 0.2) is 30.3 Å². The molecule has 7 nitrogen and oxygen atoms in total. The molecule has 0 radical (unpaired) electrons. The molecule has 2 heterocycles. The number of fused-ring (bicyclic) bond motifs is 1. The lowest BCUT2D eigenvalue weighted by Gasteiger charge is -2.44. The van der Waals surface area contributed by atoms with Crippen LogP contribution in [0.25, 0.3) is 0 Å². The van der Waals surface area contributed by atoms with Gasteiger partial charge in [0.15, 0.2) is 0 Å². The van der Waals surface area contributed by atoms with Gasteiger partial charge < -0.3 is 25.0 Å². The number of piperidine rings is 1. The van der Waals surface area contributed by atoms with E-state index in [9.17, 15) is 18.0 Å². The van der Waals surface area contributed by atoms with Crippen LogP contribution >= 0.6 is 0 Å². The van der Waals surface area contributed by atoms with Crippen molar-refractivity contribution in [2.45, 2.75) is 38.0 Å². The monoisotopic (exact) mass is 459 g/mol. The predicted molar refractivity (Wildman–Crippen MR) is 113 cm³/mol. The summed E-state index contributed by atoms with van der Waals surface area (Å²) in [5.74, 6) is -2.76. The van der Waals surface area contributed by atoms with Crippen LogP contribution in [0.4, 0.5) is 18.0 Å². The summed E-state index contributed by atoms with van der Waals surface area (Å²) in [5.41, 5.74) is 1.61. The maximum absolute atomic E-state index is 11.8. The highest BCUT2D eigenvalue weighted by molar-refractivity contribution is 5.73. The van der Waals surface area contributed by atoms with Crippen LogP contribution in [0, 0.1) is 5.41 Å². The van der Waals surface area contributed by atoms with E-state index in [0.29, 0.717) is 6.10 Å². The number of alkyl halides is 3. The maximum Gasteiger partial charge on any atom is 0.490 e. The van der Waals surface area contributed by atoms with Gasteiger partial charge in [-0.3, -0.25) is 0 Å². The fraction of sp³-hybridized carbons (Fsp3) is 0.636. The summed E-state index contributed by atoms with van der Waals surface area (Å²) in [4.78, 5) is 24.8. The number of aliphatic carboxylic acids is 1. The minimum atomic E-state index is -5.08. The molecule has 3 rings (SSSR count). The number of likely N-dealkylation sites (tertiary alicyclic amines) is 1. The molecule has 180 valence electrons. The SMILES string of the molecule is CN(C)C(=O)NCC[C@@]12CCO[C@@H]1CCN(CCc1ccccc1)C2.O=C(O)C(F)(F)F. The number of carboxylic acid groups (broad SMARTS) is 1. The van der Waals surface area contributed by atoms with E-state index in [1.54, 1.807) is 19.0 Å². The van der Waals surface area contributed by atoms with Crippen molar-refractivity contribution in [1.82, 2.24) is 15.1 Å². The van der Waals surface area contributed by atoms with Gasteiger partial charge in [0.1, 0.15) is 0 Å². The lowest BCUT2D eigenvalue weighted by molar-refractivity contribution is -0.192. The Labute approximate surface area is 186 Å². The largest absolute Gasteiger partial charge is 0.490 e. The molecule has 2 fully saturated rings. The van der Waals surface area contributed by atoms with Gasteiger partial charge in [-0.1, -0.05) is 30.3 Å². The Bertz CT molecular complexity index is 746. The van der Waals surface area contributed by atoms with Gasteiger partial charge in [0, 0.05) is 52.3 Å².